The summed E-state index contributed by atoms with van der Waals surface area (Å²) < 4.78 is 0. The lowest BCUT2D eigenvalue weighted by atomic mass is 10.0. The first-order chi connectivity index (χ1) is 13.6. The molecular weight excluding hydrogens is 348 g/mol. The van der Waals surface area contributed by atoms with E-state index in [1.54, 1.807) is 0 Å². The minimum atomic E-state index is 0.00360. The standard InChI is InChI=1S/C24H24N2O2/c1-18-17-25(24(28)20-9-3-2-4-10-20)14-15-26(18)23(27)16-21-12-7-11-19-8-5-6-13-22(19)21/h2-13,18H,14-17H2,1H3. The summed E-state index contributed by atoms with van der Waals surface area (Å²) in [7, 11) is 0. The van der Waals surface area contributed by atoms with Gasteiger partial charge in [-0.05, 0) is 35.4 Å². The van der Waals surface area contributed by atoms with Crippen molar-refractivity contribution in [3.05, 3.63) is 83.9 Å². The minimum absolute atomic E-state index is 0.00360. The van der Waals surface area contributed by atoms with Gasteiger partial charge in [0.05, 0.1) is 6.42 Å². The third kappa shape index (κ3) is 3.63. The van der Waals surface area contributed by atoms with E-state index in [0.29, 0.717) is 31.6 Å². The minimum Gasteiger partial charge on any atom is -0.336 e. The molecule has 1 fully saturated rings. The molecule has 1 aliphatic heterocycles. The van der Waals surface area contributed by atoms with Crippen molar-refractivity contribution in [2.24, 2.45) is 0 Å². The average molecular weight is 372 g/mol. The molecule has 28 heavy (non-hydrogen) atoms. The molecule has 0 aromatic heterocycles. The Hall–Kier alpha value is -3.14. The molecule has 142 valence electrons. The van der Waals surface area contributed by atoms with E-state index in [0.717, 1.165) is 16.3 Å². The van der Waals surface area contributed by atoms with Crippen molar-refractivity contribution in [1.29, 1.82) is 0 Å². The van der Waals surface area contributed by atoms with Crippen molar-refractivity contribution >= 4 is 22.6 Å². The Morgan fingerprint density at radius 2 is 1.61 bits per heavy atom. The van der Waals surface area contributed by atoms with Crippen molar-refractivity contribution in [3.63, 3.8) is 0 Å². The molecule has 1 atom stereocenters. The molecule has 0 spiro atoms. The van der Waals surface area contributed by atoms with E-state index in [1.165, 1.54) is 0 Å². The van der Waals surface area contributed by atoms with Crippen LogP contribution < -0.4 is 0 Å². The van der Waals surface area contributed by atoms with E-state index >= 15 is 0 Å². The highest BCUT2D eigenvalue weighted by atomic mass is 16.2. The molecule has 2 amide bonds. The largest absolute Gasteiger partial charge is 0.336 e. The topological polar surface area (TPSA) is 40.6 Å². The Morgan fingerprint density at radius 1 is 0.893 bits per heavy atom. The number of piperazine rings is 1. The second kappa shape index (κ2) is 7.85. The van der Waals surface area contributed by atoms with Crippen LogP contribution >= 0.6 is 0 Å². The SMILES string of the molecule is CC1CN(C(=O)c2ccccc2)CCN1C(=O)Cc1cccc2ccccc12. The Labute approximate surface area is 165 Å². The molecule has 0 radical (unpaired) electrons. The van der Waals surface area contributed by atoms with Gasteiger partial charge in [0, 0.05) is 31.2 Å². The highest BCUT2D eigenvalue weighted by molar-refractivity contribution is 5.94. The molecule has 0 N–H and O–H groups in total. The summed E-state index contributed by atoms with van der Waals surface area (Å²) in [5.41, 5.74) is 1.75. The number of benzene rings is 3. The molecule has 1 heterocycles. The maximum Gasteiger partial charge on any atom is 0.253 e. The number of rotatable bonds is 3. The molecule has 1 aliphatic rings. The zero-order chi connectivity index (χ0) is 19.5. The molecule has 4 heteroatoms. The molecule has 4 nitrogen and oxygen atoms in total. The molecule has 3 aromatic carbocycles. The molecule has 0 bridgehead atoms. The van der Waals surface area contributed by atoms with Gasteiger partial charge >= 0.3 is 0 Å². The van der Waals surface area contributed by atoms with Gasteiger partial charge in [-0.25, -0.2) is 0 Å². The predicted octanol–water partition coefficient (Wildman–Crippen LogP) is 3.76. The Balaban J connectivity index is 1.44. The van der Waals surface area contributed by atoms with Crippen LogP contribution in [0.1, 0.15) is 22.8 Å². The second-order valence-electron chi connectivity index (χ2n) is 7.37. The van der Waals surface area contributed by atoms with E-state index in [9.17, 15) is 9.59 Å². The number of carbonyl (C=O) groups is 2. The molecular formula is C24H24N2O2. The van der Waals surface area contributed by atoms with Gasteiger partial charge in [0.25, 0.3) is 5.91 Å². The van der Waals surface area contributed by atoms with Crippen molar-refractivity contribution in [2.75, 3.05) is 19.6 Å². The van der Waals surface area contributed by atoms with Gasteiger partial charge in [-0.1, -0.05) is 60.7 Å². The number of amides is 2. The quantitative estimate of drug-likeness (QED) is 0.702. The Bertz CT molecular complexity index is 994. The number of hydrogen-bond acceptors (Lipinski definition) is 2. The summed E-state index contributed by atoms with van der Waals surface area (Å²) in [4.78, 5) is 29.4. The van der Waals surface area contributed by atoms with Gasteiger partial charge in [-0.15, -0.1) is 0 Å². The highest BCUT2D eigenvalue weighted by Crippen LogP contribution is 2.21. The number of fused-ring (bicyclic) bond motifs is 1. The van der Waals surface area contributed by atoms with Crippen LogP contribution in [0.15, 0.2) is 72.8 Å². The zero-order valence-electron chi connectivity index (χ0n) is 16.0. The first kappa shape index (κ1) is 18.2. The van der Waals surface area contributed by atoms with Gasteiger partial charge in [-0.2, -0.15) is 0 Å². The monoisotopic (exact) mass is 372 g/mol. The third-order valence-corrected chi connectivity index (χ3v) is 5.48. The number of nitrogens with zero attached hydrogens (tertiary/aromatic N) is 2. The predicted molar refractivity (Wildman–Crippen MR) is 111 cm³/mol. The molecule has 1 unspecified atom stereocenters. The fraction of sp³-hybridized carbons (Fsp3) is 0.250. The molecule has 1 saturated heterocycles. The van der Waals surface area contributed by atoms with Crippen molar-refractivity contribution in [1.82, 2.24) is 9.80 Å². The zero-order valence-corrected chi connectivity index (χ0v) is 16.0. The molecule has 0 saturated carbocycles. The van der Waals surface area contributed by atoms with E-state index in [-0.39, 0.29) is 17.9 Å². The lowest BCUT2D eigenvalue weighted by molar-refractivity contribution is -0.134. The summed E-state index contributed by atoms with van der Waals surface area (Å²) in [5, 5.41) is 2.28. The van der Waals surface area contributed by atoms with Crippen LogP contribution in [0.2, 0.25) is 0 Å². The van der Waals surface area contributed by atoms with Gasteiger partial charge in [0.2, 0.25) is 5.91 Å². The normalized spacial score (nSPS) is 17.0. The van der Waals surface area contributed by atoms with Crippen LogP contribution in [0, 0.1) is 0 Å². The molecule has 4 rings (SSSR count). The second-order valence-corrected chi connectivity index (χ2v) is 7.37. The smallest absolute Gasteiger partial charge is 0.253 e. The van der Waals surface area contributed by atoms with Crippen molar-refractivity contribution in [2.45, 2.75) is 19.4 Å². The van der Waals surface area contributed by atoms with Crippen LogP contribution in [-0.2, 0) is 11.2 Å². The summed E-state index contributed by atoms with van der Waals surface area (Å²) in [6.07, 6.45) is 0.387. The lowest BCUT2D eigenvalue weighted by Gasteiger charge is -2.40. The first-order valence-electron chi connectivity index (χ1n) is 9.74. The lowest BCUT2D eigenvalue weighted by Crippen LogP contribution is -2.55. The van der Waals surface area contributed by atoms with Crippen molar-refractivity contribution < 1.29 is 9.59 Å². The van der Waals surface area contributed by atoms with E-state index in [4.69, 9.17) is 0 Å². The van der Waals surface area contributed by atoms with E-state index in [2.05, 4.69) is 18.2 Å². The average Bonchev–Trinajstić information content (AvgIpc) is 2.74. The van der Waals surface area contributed by atoms with Crippen LogP contribution in [0.4, 0.5) is 0 Å². The third-order valence-electron chi connectivity index (χ3n) is 5.48. The van der Waals surface area contributed by atoms with Crippen LogP contribution in [-0.4, -0.2) is 47.3 Å². The summed E-state index contributed by atoms with van der Waals surface area (Å²) in [5.74, 6) is 0.157. The summed E-state index contributed by atoms with van der Waals surface area (Å²) in [6, 6.07) is 23.6. The first-order valence-corrected chi connectivity index (χ1v) is 9.74. The van der Waals surface area contributed by atoms with Gasteiger partial charge in [0.15, 0.2) is 0 Å². The number of hydrogen-bond donors (Lipinski definition) is 0. The molecule has 0 aliphatic carbocycles. The van der Waals surface area contributed by atoms with Crippen LogP contribution in [0.25, 0.3) is 10.8 Å². The fourth-order valence-corrected chi connectivity index (χ4v) is 3.99. The maximum absolute atomic E-state index is 13.0. The summed E-state index contributed by atoms with van der Waals surface area (Å²) in [6.45, 7) is 3.73. The highest BCUT2D eigenvalue weighted by Gasteiger charge is 2.30. The van der Waals surface area contributed by atoms with Crippen LogP contribution in [0.3, 0.4) is 0 Å². The van der Waals surface area contributed by atoms with E-state index < -0.39 is 0 Å². The summed E-state index contributed by atoms with van der Waals surface area (Å²) >= 11 is 0. The van der Waals surface area contributed by atoms with Gasteiger partial charge in [-0.3, -0.25) is 9.59 Å². The Kier molecular flexibility index (Phi) is 5.11. The van der Waals surface area contributed by atoms with Gasteiger partial charge < -0.3 is 9.80 Å². The fourth-order valence-electron chi connectivity index (χ4n) is 3.99. The van der Waals surface area contributed by atoms with E-state index in [1.807, 2.05) is 71.3 Å². The Morgan fingerprint density at radius 3 is 2.39 bits per heavy atom. The van der Waals surface area contributed by atoms with Crippen molar-refractivity contribution in [3.8, 4) is 0 Å². The maximum atomic E-state index is 13.0. The van der Waals surface area contributed by atoms with Gasteiger partial charge in [0.1, 0.15) is 0 Å². The molecule has 3 aromatic rings. The van der Waals surface area contributed by atoms with Crippen LogP contribution in [0.5, 0.6) is 0 Å². The number of carbonyl (C=O) groups excluding carboxylic acids is 2.